The summed E-state index contributed by atoms with van der Waals surface area (Å²) >= 11 is 1.58. The summed E-state index contributed by atoms with van der Waals surface area (Å²) in [6.45, 7) is 1.76. The van der Waals surface area contributed by atoms with Gasteiger partial charge < -0.3 is 26.0 Å². The first-order valence-corrected chi connectivity index (χ1v) is 11.6. The van der Waals surface area contributed by atoms with Gasteiger partial charge in [-0.15, -0.1) is 23.7 Å². The van der Waals surface area contributed by atoms with Gasteiger partial charge in [0.2, 0.25) is 0 Å². The van der Waals surface area contributed by atoms with Crippen molar-refractivity contribution in [2.45, 2.75) is 31.6 Å². The van der Waals surface area contributed by atoms with Crippen LogP contribution in [0.15, 0.2) is 54.9 Å². The van der Waals surface area contributed by atoms with Crippen LogP contribution in [0, 0.1) is 12.8 Å². The fraction of sp³-hybridized carbons (Fsp3) is 0.292. The Balaban J connectivity index is 0.00000274. The van der Waals surface area contributed by atoms with Crippen molar-refractivity contribution in [2.24, 2.45) is 5.92 Å². The number of aliphatic hydroxyl groups is 3. The summed E-state index contributed by atoms with van der Waals surface area (Å²) in [6.07, 6.45) is 1.89. The second kappa shape index (κ2) is 10.2. The third kappa shape index (κ3) is 4.70. The first-order chi connectivity index (χ1) is 16.0. The van der Waals surface area contributed by atoms with Crippen molar-refractivity contribution in [1.29, 1.82) is 0 Å². The highest BCUT2D eigenvalue weighted by Crippen LogP contribution is 2.39. The number of rotatable bonds is 6. The highest BCUT2D eigenvalue weighted by atomic mass is 35.5. The van der Waals surface area contributed by atoms with Gasteiger partial charge in [-0.25, -0.2) is 9.97 Å². The number of hydrogen-bond donors (Lipinski definition) is 5. The molecule has 1 aliphatic rings. The lowest BCUT2D eigenvalue weighted by molar-refractivity contribution is 0.00448. The zero-order valence-electron chi connectivity index (χ0n) is 18.4. The molecular formula is C24H26ClN5O3S. The second-order valence-corrected chi connectivity index (χ2v) is 9.30. The second-order valence-electron chi connectivity index (χ2n) is 8.27. The maximum absolute atomic E-state index is 10.6. The molecule has 34 heavy (non-hydrogen) atoms. The molecular weight excluding hydrogens is 474 g/mol. The van der Waals surface area contributed by atoms with Crippen LogP contribution >= 0.6 is 23.7 Å². The molecule has 5 rings (SSSR count). The van der Waals surface area contributed by atoms with Crippen LogP contribution in [0.2, 0.25) is 0 Å². The summed E-state index contributed by atoms with van der Waals surface area (Å²) in [6, 6.07) is 13.1. The van der Waals surface area contributed by atoms with Crippen LogP contribution in [0.3, 0.4) is 0 Å². The molecule has 3 aromatic heterocycles. The minimum Gasteiger partial charge on any atom is -0.396 e. The predicted octanol–water partition coefficient (Wildman–Crippen LogP) is 3.74. The lowest BCUT2D eigenvalue weighted by atomic mass is 10.1. The van der Waals surface area contributed by atoms with Crippen molar-refractivity contribution in [3.8, 4) is 10.6 Å². The Bertz CT molecular complexity index is 1240. The predicted molar refractivity (Wildman–Crippen MR) is 137 cm³/mol. The Morgan fingerprint density at radius 3 is 2.53 bits per heavy atom. The van der Waals surface area contributed by atoms with E-state index in [1.54, 1.807) is 23.7 Å². The van der Waals surface area contributed by atoms with Gasteiger partial charge >= 0.3 is 0 Å². The molecule has 4 aromatic rings. The van der Waals surface area contributed by atoms with Gasteiger partial charge in [-0.3, -0.25) is 4.98 Å². The maximum Gasteiger partial charge on any atom is 0.132 e. The molecule has 0 radical (unpaired) electrons. The van der Waals surface area contributed by atoms with Crippen LogP contribution in [0.5, 0.6) is 0 Å². The maximum atomic E-state index is 10.6. The number of aliphatic hydroxyl groups excluding tert-OH is 3. The van der Waals surface area contributed by atoms with E-state index in [1.807, 2.05) is 49.4 Å². The standard InChI is InChI=1S/C24H25N5O3S.ClH/c1-13-21(24-29-16-4-2-3-5-19(16)33-24)17(28-18-10-14(12-30)22(31)23(18)32)11-20(26-13)27-15-6-8-25-9-7-15;/h2-9,11,14,18,22-23,30-32H,10,12H2,1H3,(H2,25,26,27,28);1H/t14-,18-,22-,23+;/m1./s1. The number of thiazole rings is 1. The summed E-state index contributed by atoms with van der Waals surface area (Å²) in [7, 11) is 0. The van der Waals surface area contributed by atoms with Crippen LogP contribution in [-0.2, 0) is 0 Å². The number of pyridine rings is 2. The van der Waals surface area contributed by atoms with Gasteiger partial charge in [0.15, 0.2) is 0 Å². The van der Waals surface area contributed by atoms with Gasteiger partial charge in [-0.2, -0.15) is 0 Å². The van der Waals surface area contributed by atoms with Crippen LogP contribution in [0.25, 0.3) is 20.8 Å². The van der Waals surface area contributed by atoms with Crippen molar-refractivity contribution >= 4 is 51.2 Å². The Labute approximate surface area is 207 Å². The van der Waals surface area contributed by atoms with Gasteiger partial charge in [0, 0.05) is 36.7 Å². The number of aromatic nitrogens is 3. The number of para-hydroxylation sites is 1. The van der Waals surface area contributed by atoms with E-state index in [0.29, 0.717) is 12.2 Å². The van der Waals surface area contributed by atoms with E-state index in [9.17, 15) is 15.3 Å². The number of hydrogen-bond acceptors (Lipinski definition) is 9. The van der Waals surface area contributed by atoms with Crippen LogP contribution in [-0.4, -0.2) is 55.1 Å². The molecule has 10 heteroatoms. The first kappa shape index (κ1) is 24.3. The van der Waals surface area contributed by atoms with E-state index in [1.165, 1.54) is 0 Å². The average molecular weight is 500 g/mol. The van der Waals surface area contributed by atoms with Gasteiger partial charge in [-0.1, -0.05) is 12.1 Å². The summed E-state index contributed by atoms with van der Waals surface area (Å²) in [5.74, 6) is 0.263. The molecule has 4 atom stereocenters. The lowest BCUT2D eigenvalue weighted by Crippen LogP contribution is -2.35. The minimum absolute atomic E-state index is 0. The number of nitrogens with one attached hydrogen (secondary N) is 2. The Kier molecular flexibility index (Phi) is 7.30. The van der Waals surface area contributed by atoms with Crippen molar-refractivity contribution in [3.63, 3.8) is 0 Å². The zero-order valence-corrected chi connectivity index (χ0v) is 20.1. The van der Waals surface area contributed by atoms with Gasteiger partial charge in [-0.05, 0) is 37.6 Å². The molecule has 1 aliphatic carbocycles. The summed E-state index contributed by atoms with van der Waals surface area (Å²) in [5.41, 5.74) is 4.16. The Morgan fingerprint density at radius 1 is 1.06 bits per heavy atom. The van der Waals surface area contributed by atoms with E-state index >= 15 is 0 Å². The van der Waals surface area contributed by atoms with Gasteiger partial charge in [0.05, 0.1) is 39.3 Å². The number of benzene rings is 1. The SMILES string of the molecule is Cc1nc(Nc2ccncc2)cc(N[C@@H]2C[C@H](CO)[C@@H](O)[C@H]2O)c1-c1nc2ccccc2s1.Cl. The largest absolute Gasteiger partial charge is 0.396 e. The van der Waals surface area contributed by atoms with Crippen molar-refractivity contribution < 1.29 is 15.3 Å². The smallest absolute Gasteiger partial charge is 0.132 e. The molecule has 8 nitrogen and oxygen atoms in total. The summed E-state index contributed by atoms with van der Waals surface area (Å²) in [5, 5.41) is 38.0. The number of fused-ring (bicyclic) bond motifs is 1. The van der Waals surface area contributed by atoms with Crippen molar-refractivity contribution in [1.82, 2.24) is 15.0 Å². The quantitative estimate of drug-likeness (QED) is 0.272. The van der Waals surface area contributed by atoms with E-state index in [-0.39, 0.29) is 24.9 Å². The van der Waals surface area contributed by atoms with E-state index < -0.39 is 18.2 Å². The van der Waals surface area contributed by atoms with Crippen molar-refractivity contribution in [2.75, 3.05) is 17.2 Å². The molecule has 0 saturated heterocycles. The third-order valence-corrected chi connectivity index (χ3v) is 7.09. The molecule has 5 N–H and O–H groups in total. The van der Waals surface area contributed by atoms with E-state index in [4.69, 9.17) is 9.97 Å². The Morgan fingerprint density at radius 2 is 1.82 bits per heavy atom. The highest BCUT2D eigenvalue weighted by molar-refractivity contribution is 7.21. The number of aryl methyl sites for hydroxylation is 1. The van der Waals surface area contributed by atoms with Crippen molar-refractivity contribution in [3.05, 3.63) is 60.6 Å². The fourth-order valence-corrected chi connectivity index (χ4v) is 5.41. The average Bonchev–Trinajstić information content (AvgIpc) is 3.35. The lowest BCUT2D eigenvalue weighted by Gasteiger charge is -2.22. The molecule has 1 saturated carbocycles. The van der Waals surface area contributed by atoms with Crippen LogP contribution in [0.1, 0.15) is 12.1 Å². The Hall–Kier alpha value is -2.82. The molecule has 0 spiro atoms. The normalized spacial score (nSPS) is 21.9. The van der Waals surface area contributed by atoms with Crippen LogP contribution < -0.4 is 10.6 Å². The number of halogens is 1. The van der Waals surface area contributed by atoms with Gasteiger partial charge in [0.1, 0.15) is 16.9 Å². The third-order valence-electron chi connectivity index (χ3n) is 6.04. The molecule has 1 aromatic carbocycles. The molecule has 0 amide bonds. The monoisotopic (exact) mass is 499 g/mol. The van der Waals surface area contributed by atoms with Crippen LogP contribution in [0.4, 0.5) is 17.2 Å². The summed E-state index contributed by atoms with van der Waals surface area (Å²) < 4.78 is 1.08. The molecule has 1 fully saturated rings. The zero-order chi connectivity index (χ0) is 22.9. The summed E-state index contributed by atoms with van der Waals surface area (Å²) in [4.78, 5) is 13.6. The molecule has 0 unspecified atom stereocenters. The fourth-order valence-electron chi connectivity index (χ4n) is 4.33. The first-order valence-electron chi connectivity index (χ1n) is 10.8. The van der Waals surface area contributed by atoms with E-state index in [0.717, 1.165) is 37.9 Å². The van der Waals surface area contributed by atoms with Gasteiger partial charge in [0.25, 0.3) is 0 Å². The number of anilines is 3. The molecule has 0 bridgehead atoms. The number of nitrogens with zero attached hydrogens (tertiary/aromatic N) is 3. The highest BCUT2D eigenvalue weighted by Gasteiger charge is 2.41. The minimum atomic E-state index is -0.990. The molecule has 3 heterocycles. The molecule has 0 aliphatic heterocycles. The van der Waals surface area contributed by atoms with E-state index in [2.05, 4.69) is 15.6 Å². The molecule has 178 valence electrons. The topological polar surface area (TPSA) is 123 Å².